The zero-order valence-electron chi connectivity index (χ0n) is 8.84. The minimum absolute atomic E-state index is 0.0310. The van der Waals surface area contributed by atoms with E-state index in [2.05, 4.69) is 4.74 Å². The molecule has 0 radical (unpaired) electrons. The number of halogens is 3. The van der Waals surface area contributed by atoms with E-state index in [0.717, 1.165) is 0 Å². The molecule has 0 saturated carbocycles. The van der Waals surface area contributed by atoms with Crippen LogP contribution in [0.25, 0.3) is 0 Å². The van der Waals surface area contributed by atoms with Crippen molar-refractivity contribution in [2.24, 2.45) is 0 Å². The van der Waals surface area contributed by atoms with Crippen LogP contribution >= 0.6 is 11.6 Å². The summed E-state index contributed by atoms with van der Waals surface area (Å²) < 4.78 is 28.6. The van der Waals surface area contributed by atoms with Crippen LogP contribution in [0, 0.1) is 0 Å². The highest BCUT2D eigenvalue weighted by molar-refractivity contribution is 6.30. The van der Waals surface area contributed by atoms with Crippen molar-refractivity contribution in [1.82, 2.24) is 0 Å². The van der Waals surface area contributed by atoms with Crippen LogP contribution in [0.2, 0.25) is 5.02 Å². The van der Waals surface area contributed by atoms with Gasteiger partial charge in [0.15, 0.2) is 0 Å². The fourth-order valence-electron chi connectivity index (χ4n) is 1.27. The van der Waals surface area contributed by atoms with Gasteiger partial charge in [0.1, 0.15) is 12.0 Å². The molecule has 1 aromatic carbocycles. The molecule has 1 aromatic rings. The van der Waals surface area contributed by atoms with Crippen LogP contribution in [0.5, 0.6) is 5.75 Å². The van der Waals surface area contributed by atoms with Gasteiger partial charge in [-0.3, -0.25) is 0 Å². The fourth-order valence-corrected chi connectivity index (χ4v) is 1.44. The summed E-state index contributed by atoms with van der Waals surface area (Å²) in [5.41, 5.74) is -0.579. The van der Waals surface area contributed by atoms with Crippen molar-refractivity contribution in [2.45, 2.75) is 25.9 Å². The van der Waals surface area contributed by atoms with Gasteiger partial charge in [-0.2, -0.15) is 8.78 Å². The molecule has 16 heavy (non-hydrogen) atoms. The number of carbonyl (C=O) groups is 1. The lowest BCUT2D eigenvalue weighted by Crippen LogP contribution is -2.20. The zero-order chi connectivity index (χ0) is 12.3. The molecule has 2 nitrogen and oxygen atoms in total. The van der Waals surface area contributed by atoms with Crippen molar-refractivity contribution in [3.05, 3.63) is 28.8 Å². The van der Waals surface area contributed by atoms with E-state index < -0.39 is 12.0 Å². The summed E-state index contributed by atoms with van der Waals surface area (Å²) in [6, 6.07) is 4.21. The Balaban J connectivity index is 3.23. The Labute approximate surface area is 97.2 Å². The van der Waals surface area contributed by atoms with Crippen LogP contribution < -0.4 is 4.74 Å². The Hall–Kier alpha value is -1.16. The van der Waals surface area contributed by atoms with Gasteiger partial charge in [0, 0.05) is 16.0 Å². The highest BCUT2D eigenvalue weighted by atomic mass is 35.5. The summed E-state index contributed by atoms with van der Waals surface area (Å²) in [7, 11) is 0. The molecule has 1 rings (SSSR count). The monoisotopic (exact) mass is 248 g/mol. The van der Waals surface area contributed by atoms with Crippen molar-refractivity contribution in [2.75, 3.05) is 0 Å². The van der Waals surface area contributed by atoms with E-state index in [0.29, 0.717) is 16.9 Å². The molecule has 0 atom stereocenters. The Morgan fingerprint density at radius 3 is 2.56 bits per heavy atom. The molecule has 0 fully saturated rings. The molecule has 0 aliphatic heterocycles. The van der Waals surface area contributed by atoms with Crippen LogP contribution in [-0.2, 0) is 10.2 Å². The second kappa shape index (κ2) is 4.78. The molecule has 0 amide bonds. The summed E-state index contributed by atoms with van der Waals surface area (Å²) in [5, 5.41) is 0.367. The molecule has 5 heteroatoms. The molecule has 0 aromatic heterocycles. The van der Waals surface area contributed by atoms with Crippen molar-refractivity contribution >= 4 is 17.9 Å². The predicted molar refractivity (Wildman–Crippen MR) is 57.2 cm³/mol. The van der Waals surface area contributed by atoms with Crippen LogP contribution in [0.3, 0.4) is 0 Å². The number of carbonyl (C=O) groups excluding carboxylic acids is 1. The molecular weight excluding hydrogens is 238 g/mol. The van der Waals surface area contributed by atoms with Gasteiger partial charge in [0.25, 0.3) is 0 Å². The van der Waals surface area contributed by atoms with E-state index in [-0.39, 0.29) is 5.75 Å². The van der Waals surface area contributed by atoms with Gasteiger partial charge >= 0.3 is 6.61 Å². The summed E-state index contributed by atoms with van der Waals surface area (Å²) in [4.78, 5) is 10.9. The van der Waals surface area contributed by atoms with E-state index in [1.54, 1.807) is 13.8 Å². The van der Waals surface area contributed by atoms with Crippen LogP contribution in [0.4, 0.5) is 8.78 Å². The van der Waals surface area contributed by atoms with Crippen LogP contribution in [-0.4, -0.2) is 12.9 Å². The van der Waals surface area contributed by atoms with Crippen molar-refractivity contribution < 1.29 is 18.3 Å². The molecule has 0 aliphatic rings. The molecular formula is C11H11ClF2O2. The highest BCUT2D eigenvalue weighted by Gasteiger charge is 2.25. The minimum Gasteiger partial charge on any atom is -0.435 e. The molecule has 0 spiro atoms. The maximum absolute atomic E-state index is 12.1. The Morgan fingerprint density at radius 2 is 2.06 bits per heavy atom. The van der Waals surface area contributed by atoms with Gasteiger partial charge in [-0.15, -0.1) is 0 Å². The van der Waals surface area contributed by atoms with Gasteiger partial charge in [-0.1, -0.05) is 11.6 Å². The second-order valence-electron chi connectivity index (χ2n) is 3.86. The van der Waals surface area contributed by atoms with E-state index >= 15 is 0 Å². The number of ether oxygens (including phenoxy) is 1. The first kappa shape index (κ1) is 12.9. The smallest absolute Gasteiger partial charge is 0.387 e. The average Bonchev–Trinajstić information content (AvgIpc) is 2.20. The van der Waals surface area contributed by atoms with E-state index in [1.807, 2.05) is 0 Å². The van der Waals surface area contributed by atoms with Gasteiger partial charge in [0.2, 0.25) is 0 Å². The van der Waals surface area contributed by atoms with Gasteiger partial charge in [0.05, 0.1) is 0 Å². The lowest BCUT2D eigenvalue weighted by atomic mass is 9.86. The Morgan fingerprint density at radius 1 is 1.44 bits per heavy atom. The third-order valence-electron chi connectivity index (χ3n) is 2.15. The van der Waals surface area contributed by atoms with Gasteiger partial charge in [-0.25, -0.2) is 0 Å². The lowest BCUT2D eigenvalue weighted by molar-refractivity contribution is -0.111. The number of hydrogen-bond donors (Lipinski definition) is 0. The van der Waals surface area contributed by atoms with E-state index in [4.69, 9.17) is 11.6 Å². The number of rotatable bonds is 4. The summed E-state index contributed by atoms with van der Waals surface area (Å²) in [6.45, 7) is 0.274. The topological polar surface area (TPSA) is 26.3 Å². The number of alkyl halides is 2. The largest absolute Gasteiger partial charge is 0.435 e. The van der Waals surface area contributed by atoms with E-state index in [9.17, 15) is 13.6 Å². The fraction of sp³-hybridized carbons (Fsp3) is 0.364. The maximum atomic E-state index is 12.1. The number of hydrogen-bond acceptors (Lipinski definition) is 2. The molecule has 0 aliphatic carbocycles. The third kappa shape index (κ3) is 2.92. The first-order chi connectivity index (χ1) is 7.36. The summed E-state index contributed by atoms with van der Waals surface area (Å²) in [6.07, 6.45) is 0.664. The first-order valence-electron chi connectivity index (χ1n) is 4.58. The van der Waals surface area contributed by atoms with Crippen LogP contribution in [0.15, 0.2) is 18.2 Å². The minimum atomic E-state index is -2.93. The lowest BCUT2D eigenvalue weighted by Gasteiger charge is -2.21. The van der Waals surface area contributed by atoms with Crippen molar-refractivity contribution in [1.29, 1.82) is 0 Å². The van der Waals surface area contributed by atoms with Gasteiger partial charge < -0.3 is 9.53 Å². The average molecular weight is 249 g/mol. The molecule has 0 heterocycles. The second-order valence-corrected chi connectivity index (χ2v) is 4.29. The normalized spacial score (nSPS) is 11.6. The zero-order valence-corrected chi connectivity index (χ0v) is 9.59. The third-order valence-corrected chi connectivity index (χ3v) is 2.38. The number of aldehydes is 1. The first-order valence-corrected chi connectivity index (χ1v) is 4.96. The van der Waals surface area contributed by atoms with Crippen molar-refractivity contribution in [3.63, 3.8) is 0 Å². The molecule has 0 saturated heterocycles. The molecule has 0 bridgehead atoms. The Bertz CT molecular complexity index is 392. The number of benzene rings is 1. The standard InChI is InChI=1S/C11H11ClF2O2/c1-11(2,6-15)8-5-7(12)3-4-9(8)16-10(13)14/h3-6,10H,1-2H3. The summed E-state index contributed by atoms with van der Waals surface area (Å²) in [5.74, 6) is -0.0310. The van der Waals surface area contributed by atoms with Crippen molar-refractivity contribution in [3.8, 4) is 5.75 Å². The highest BCUT2D eigenvalue weighted by Crippen LogP contribution is 2.33. The Kier molecular flexibility index (Phi) is 3.86. The molecule has 0 N–H and O–H groups in total. The van der Waals surface area contributed by atoms with E-state index in [1.165, 1.54) is 18.2 Å². The summed E-state index contributed by atoms with van der Waals surface area (Å²) >= 11 is 5.76. The predicted octanol–water partition coefficient (Wildman–Crippen LogP) is 3.42. The maximum Gasteiger partial charge on any atom is 0.387 e. The molecule has 0 unspecified atom stereocenters. The quantitative estimate of drug-likeness (QED) is 0.763. The van der Waals surface area contributed by atoms with Crippen LogP contribution in [0.1, 0.15) is 19.4 Å². The van der Waals surface area contributed by atoms with Gasteiger partial charge in [-0.05, 0) is 32.0 Å². The SMILES string of the molecule is CC(C)(C=O)c1cc(Cl)ccc1OC(F)F. The molecule has 88 valence electrons.